The average molecular weight is 298 g/mol. The Morgan fingerprint density at radius 2 is 2.00 bits per heavy atom. The van der Waals surface area contributed by atoms with Crippen LogP contribution in [0.2, 0.25) is 0 Å². The molecule has 8 heteroatoms. The Hall–Kier alpha value is -1.51. The van der Waals surface area contributed by atoms with Crippen molar-refractivity contribution >= 4 is 27.2 Å². The number of benzene rings is 1. The monoisotopic (exact) mass is 298 g/mol. The maximum atomic E-state index is 11.7. The SMILES string of the molecule is CCNS(=O)(=O)c1ccc(NCc2csnn2)cc1. The second kappa shape index (κ2) is 6.09. The summed E-state index contributed by atoms with van der Waals surface area (Å²) in [5.41, 5.74) is 1.69. The summed E-state index contributed by atoms with van der Waals surface area (Å²) < 4.78 is 29.7. The highest BCUT2D eigenvalue weighted by atomic mass is 32.2. The molecule has 1 heterocycles. The normalized spacial score (nSPS) is 11.4. The predicted octanol–water partition coefficient (Wildman–Crippen LogP) is 1.45. The van der Waals surface area contributed by atoms with Crippen LogP contribution in [0.15, 0.2) is 34.5 Å². The predicted molar refractivity (Wildman–Crippen MR) is 74.5 cm³/mol. The second-order valence-electron chi connectivity index (χ2n) is 3.78. The first-order chi connectivity index (χ1) is 9.12. The Morgan fingerprint density at radius 3 is 2.58 bits per heavy atom. The summed E-state index contributed by atoms with van der Waals surface area (Å²) in [6.45, 7) is 2.68. The van der Waals surface area contributed by atoms with E-state index in [2.05, 4.69) is 19.6 Å². The lowest BCUT2D eigenvalue weighted by atomic mass is 10.3. The van der Waals surface area contributed by atoms with E-state index in [9.17, 15) is 8.42 Å². The summed E-state index contributed by atoms with van der Waals surface area (Å²) in [7, 11) is -3.38. The van der Waals surface area contributed by atoms with E-state index in [-0.39, 0.29) is 4.90 Å². The summed E-state index contributed by atoms with van der Waals surface area (Å²) in [4.78, 5) is 0.259. The van der Waals surface area contributed by atoms with Crippen LogP contribution in [0.25, 0.3) is 0 Å². The highest BCUT2D eigenvalue weighted by Gasteiger charge is 2.11. The van der Waals surface area contributed by atoms with Crippen molar-refractivity contribution in [1.29, 1.82) is 0 Å². The molecular formula is C11H14N4O2S2. The number of nitrogens with zero attached hydrogens (tertiary/aromatic N) is 2. The van der Waals surface area contributed by atoms with Crippen molar-refractivity contribution < 1.29 is 8.42 Å². The molecule has 19 heavy (non-hydrogen) atoms. The molecule has 1 aromatic heterocycles. The first-order valence-electron chi connectivity index (χ1n) is 5.71. The molecule has 102 valence electrons. The van der Waals surface area contributed by atoms with Crippen LogP contribution in [0.1, 0.15) is 12.6 Å². The van der Waals surface area contributed by atoms with Crippen LogP contribution >= 0.6 is 11.5 Å². The van der Waals surface area contributed by atoms with Gasteiger partial charge in [0, 0.05) is 17.6 Å². The smallest absolute Gasteiger partial charge is 0.240 e. The number of sulfonamides is 1. The zero-order valence-electron chi connectivity index (χ0n) is 10.3. The number of anilines is 1. The third-order valence-electron chi connectivity index (χ3n) is 2.38. The van der Waals surface area contributed by atoms with E-state index >= 15 is 0 Å². The summed E-state index contributed by atoms with van der Waals surface area (Å²) in [5.74, 6) is 0. The van der Waals surface area contributed by atoms with Gasteiger partial charge in [-0.3, -0.25) is 0 Å². The first-order valence-corrected chi connectivity index (χ1v) is 8.03. The van der Waals surface area contributed by atoms with Crippen LogP contribution in [0.3, 0.4) is 0 Å². The largest absolute Gasteiger partial charge is 0.379 e. The van der Waals surface area contributed by atoms with Gasteiger partial charge in [0.15, 0.2) is 0 Å². The molecule has 0 fully saturated rings. The fourth-order valence-electron chi connectivity index (χ4n) is 1.48. The van der Waals surface area contributed by atoms with E-state index in [4.69, 9.17) is 0 Å². The summed E-state index contributed by atoms with van der Waals surface area (Å²) in [5, 5.41) is 8.92. The zero-order valence-corrected chi connectivity index (χ0v) is 12.0. The molecule has 0 unspecified atom stereocenters. The standard InChI is InChI=1S/C11H14N4O2S2/c1-2-13-19(16,17)11-5-3-9(4-6-11)12-7-10-8-18-15-14-10/h3-6,8,12-13H,2,7H2,1H3. The lowest BCUT2D eigenvalue weighted by Crippen LogP contribution is -2.23. The van der Waals surface area contributed by atoms with Crippen LogP contribution in [-0.2, 0) is 16.6 Å². The minimum Gasteiger partial charge on any atom is -0.379 e. The molecule has 0 atom stereocenters. The van der Waals surface area contributed by atoms with Gasteiger partial charge in [0.2, 0.25) is 10.0 Å². The number of aromatic nitrogens is 2. The minimum absolute atomic E-state index is 0.259. The zero-order chi connectivity index (χ0) is 13.7. The molecule has 0 radical (unpaired) electrons. The van der Waals surface area contributed by atoms with Gasteiger partial charge in [-0.25, -0.2) is 13.1 Å². The van der Waals surface area contributed by atoms with Gasteiger partial charge in [-0.05, 0) is 35.8 Å². The number of nitrogens with one attached hydrogen (secondary N) is 2. The number of hydrogen-bond donors (Lipinski definition) is 2. The molecule has 2 aromatic rings. The Kier molecular flexibility index (Phi) is 4.46. The molecule has 0 aliphatic heterocycles. The van der Waals surface area contributed by atoms with E-state index in [0.717, 1.165) is 11.4 Å². The van der Waals surface area contributed by atoms with Gasteiger partial charge in [0.1, 0.15) is 0 Å². The van der Waals surface area contributed by atoms with Gasteiger partial charge in [-0.1, -0.05) is 11.4 Å². The third kappa shape index (κ3) is 3.72. The molecule has 0 saturated carbocycles. The number of rotatable bonds is 6. The first kappa shape index (κ1) is 13.9. The van der Waals surface area contributed by atoms with Crippen LogP contribution in [0.5, 0.6) is 0 Å². The molecule has 2 rings (SSSR count). The van der Waals surface area contributed by atoms with E-state index in [1.54, 1.807) is 31.2 Å². The molecule has 0 amide bonds. The average Bonchev–Trinajstić information content (AvgIpc) is 2.90. The number of hydrogen-bond acceptors (Lipinski definition) is 6. The topological polar surface area (TPSA) is 84.0 Å². The van der Waals surface area contributed by atoms with Gasteiger partial charge < -0.3 is 5.32 Å². The fourth-order valence-corrected chi connectivity index (χ4v) is 2.97. The molecule has 0 bridgehead atoms. The van der Waals surface area contributed by atoms with Crippen molar-refractivity contribution in [2.45, 2.75) is 18.4 Å². The molecule has 2 N–H and O–H groups in total. The molecule has 0 aliphatic rings. The Labute approximate surface area is 116 Å². The van der Waals surface area contributed by atoms with Crippen molar-refractivity contribution in [3.05, 3.63) is 35.3 Å². The molecule has 6 nitrogen and oxygen atoms in total. The van der Waals surface area contributed by atoms with Crippen molar-refractivity contribution in [3.63, 3.8) is 0 Å². The minimum atomic E-state index is -3.38. The quantitative estimate of drug-likeness (QED) is 0.843. The third-order valence-corrected chi connectivity index (χ3v) is 4.49. The van der Waals surface area contributed by atoms with Crippen molar-refractivity contribution in [2.24, 2.45) is 0 Å². The Balaban J connectivity index is 2.02. The van der Waals surface area contributed by atoms with Gasteiger partial charge >= 0.3 is 0 Å². The van der Waals surface area contributed by atoms with Crippen LogP contribution in [0, 0.1) is 0 Å². The highest BCUT2D eigenvalue weighted by Crippen LogP contribution is 2.14. The Bertz CT molecular complexity index is 609. The van der Waals surface area contributed by atoms with Gasteiger partial charge in [-0.2, -0.15) is 0 Å². The van der Waals surface area contributed by atoms with Gasteiger partial charge in [-0.15, -0.1) is 5.10 Å². The maximum Gasteiger partial charge on any atom is 0.240 e. The van der Waals surface area contributed by atoms with Crippen LogP contribution in [0.4, 0.5) is 5.69 Å². The van der Waals surface area contributed by atoms with E-state index in [1.807, 2.05) is 5.38 Å². The lowest BCUT2D eigenvalue weighted by Gasteiger charge is -2.07. The van der Waals surface area contributed by atoms with E-state index in [0.29, 0.717) is 13.1 Å². The summed E-state index contributed by atoms with van der Waals surface area (Å²) >= 11 is 1.30. The molecular weight excluding hydrogens is 284 g/mol. The fraction of sp³-hybridized carbons (Fsp3) is 0.273. The van der Waals surface area contributed by atoms with E-state index in [1.165, 1.54) is 11.5 Å². The molecule has 0 spiro atoms. The molecule has 0 saturated heterocycles. The molecule has 0 aliphatic carbocycles. The maximum absolute atomic E-state index is 11.7. The summed E-state index contributed by atoms with van der Waals surface area (Å²) in [6.07, 6.45) is 0. The van der Waals surface area contributed by atoms with Crippen molar-refractivity contribution in [3.8, 4) is 0 Å². The highest BCUT2D eigenvalue weighted by molar-refractivity contribution is 7.89. The Morgan fingerprint density at radius 1 is 1.26 bits per heavy atom. The van der Waals surface area contributed by atoms with Gasteiger partial charge in [0.25, 0.3) is 0 Å². The van der Waals surface area contributed by atoms with Crippen molar-refractivity contribution in [2.75, 3.05) is 11.9 Å². The van der Waals surface area contributed by atoms with Gasteiger partial charge in [0.05, 0.1) is 17.1 Å². The lowest BCUT2D eigenvalue weighted by molar-refractivity contribution is 0.584. The summed E-state index contributed by atoms with van der Waals surface area (Å²) in [6, 6.07) is 6.59. The van der Waals surface area contributed by atoms with Crippen LogP contribution < -0.4 is 10.0 Å². The second-order valence-corrected chi connectivity index (χ2v) is 6.15. The molecule has 1 aromatic carbocycles. The van der Waals surface area contributed by atoms with Crippen LogP contribution in [-0.4, -0.2) is 24.5 Å². The van der Waals surface area contributed by atoms with Crippen molar-refractivity contribution in [1.82, 2.24) is 14.3 Å². The van der Waals surface area contributed by atoms with E-state index < -0.39 is 10.0 Å².